The van der Waals surface area contributed by atoms with Crippen molar-refractivity contribution in [2.45, 2.75) is 37.0 Å². The van der Waals surface area contributed by atoms with Gasteiger partial charge in [-0.15, -0.1) is 5.10 Å². The van der Waals surface area contributed by atoms with E-state index in [4.69, 9.17) is 4.74 Å². The molecule has 47 heavy (non-hydrogen) atoms. The molecule has 4 aromatic rings. The van der Waals surface area contributed by atoms with E-state index >= 15 is 0 Å². The fourth-order valence-corrected chi connectivity index (χ4v) is 7.80. The maximum Gasteiger partial charge on any atom is 0.250 e. The maximum absolute atomic E-state index is 14.9. The van der Waals surface area contributed by atoms with Crippen LogP contribution >= 0.6 is 0 Å². The Labute approximate surface area is 271 Å². The zero-order chi connectivity index (χ0) is 32.1. The lowest BCUT2D eigenvalue weighted by atomic mass is 9.77. The van der Waals surface area contributed by atoms with Crippen LogP contribution in [0.15, 0.2) is 109 Å². The van der Waals surface area contributed by atoms with E-state index < -0.39 is 42.2 Å². The smallest absolute Gasteiger partial charge is 0.250 e. The summed E-state index contributed by atoms with van der Waals surface area (Å²) in [5, 5.41) is 19.4. The van der Waals surface area contributed by atoms with Gasteiger partial charge >= 0.3 is 0 Å². The molecule has 1 unspecified atom stereocenters. The van der Waals surface area contributed by atoms with Gasteiger partial charge in [0.2, 0.25) is 11.8 Å². The summed E-state index contributed by atoms with van der Waals surface area (Å²) in [5.41, 5.74) is 1.70. The van der Waals surface area contributed by atoms with Gasteiger partial charge in [0.1, 0.15) is 23.8 Å². The molecule has 2 saturated heterocycles. The van der Waals surface area contributed by atoms with Gasteiger partial charge in [-0.05, 0) is 23.3 Å². The average Bonchev–Trinajstić information content (AvgIpc) is 3.66. The predicted octanol–water partition coefficient (Wildman–Crippen LogP) is 2.70. The van der Waals surface area contributed by atoms with Crippen LogP contribution in [0, 0.1) is 11.8 Å². The van der Waals surface area contributed by atoms with Crippen LogP contribution in [0.4, 0.5) is 0 Å². The molecule has 6 atom stereocenters. The Morgan fingerprint density at radius 1 is 0.851 bits per heavy atom. The van der Waals surface area contributed by atoms with Crippen LogP contribution in [0.3, 0.4) is 0 Å². The minimum absolute atomic E-state index is 0.0919. The lowest BCUT2D eigenvalue weighted by molar-refractivity contribution is -0.152. The summed E-state index contributed by atoms with van der Waals surface area (Å²) in [6.07, 6.45) is 6.73. The number of fused-ring (bicyclic) bond motifs is 3. The van der Waals surface area contributed by atoms with E-state index in [0.29, 0.717) is 24.2 Å². The zero-order valence-electron chi connectivity index (χ0n) is 25.6. The van der Waals surface area contributed by atoms with E-state index in [1.54, 1.807) is 14.5 Å². The Morgan fingerprint density at radius 2 is 1.57 bits per heavy atom. The first-order chi connectivity index (χ1) is 23.0. The molecule has 1 N–H and O–H groups in total. The SMILES string of the molecule is O=C1C2N([C@H](CO)c3ccccc3)C(=O)[C@@H]3[C@@H]4C(=O)N(Cc5ccccc5)CC=C[C@@H]4O[C@]23C=CCN1Cn1nnc2ccccc21. The van der Waals surface area contributed by atoms with Gasteiger partial charge in [0.15, 0.2) is 0 Å². The molecule has 3 amide bonds. The first kappa shape index (κ1) is 29.3. The number of carbonyl (C=O) groups is 3. The molecule has 3 aromatic carbocycles. The van der Waals surface area contributed by atoms with Gasteiger partial charge in [0.05, 0.1) is 36.1 Å². The van der Waals surface area contributed by atoms with Gasteiger partial charge in [-0.25, -0.2) is 4.68 Å². The van der Waals surface area contributed by atoms with E-state index in [-0.39, 0.29) is 30.9 Å². The van der Waals surface area contributed by atoms with Crippen molar-refractivity contribution in [1.29, 1.82) is 0 Å². The number of hydrogen-bond donors (Lipinski definition) is 1. The molecule has 1 spiro atoms. The number of carbonyl (C=O) groups excluding carboxylic acids is 3. The number of nitrogens with zero attached hydrogens (tertiary/aromatic N) is 6. The van der Waals surface area contributed by atoms with Crippen molar-refractivity contribution < 1.29 is 24.2 Å². The fourth-order valence-electron chi connectivity index (χ4n) is 7.80. The molecule has 0 radical (unpaired) electrons. The summed E-state index contributed by atoms with van der Waals surface area (Å²) in [7, 11) is 0. The average molecular weight is 631 g/mol. The number of aliphatic hydroxyl groups excluding tert-OH is 1. The monoisotopic (exact) mass is 630 g/mol. The predicted molar refractivity (Wildman–Crippen MR) is 171 cm³/mol. The summed E-state index contributed by atoms with van der Waals surface area (Å²) >= 11 is 0. The summed E-state index contributed by atoms with van der Waals surface area (Å²) in [6.45, 7) is 0.670. The van der Waals surface area contributed by atoms with Gasteiger partial charge in [-0.1, -0.05) is 102 Å². The maximum atomic E-state index is 14.9. The van der Waals surface area contributed by atoms with Crippen LogP contribution in [0.5, 0.6) is 0 Å². The minimum Gasteiger partial charge on any atom is -0.394 e. The van der Waals surface area contributed by atoms with E-state index in [0.717, 1.165) is 11.1 Å². The number of ether oxygens (including phenoxy) is 1. The number of para-hydroxylation sites is 1. The molecule has 8 rings (SSSR count). The van der Waals surface area contributed by atoms with Crippen LogP contribution in [0.1, 0.15) is 17.2 Å². The Kier molecular flexibility index (Phi) is 7.22. The lowest BCUT2D eigenvalue weighted by Crippen LogP contribution is -2.56. The van der Waals surface area contributed by atoms with Crippen molar-refractivity contribution in [2.75, 3.05) is 19.7 Å². The second kappa shape index (κ2) is 11.6. The van der Waals surface area contributed by atoms with E-state index in [9.17, 15) is 19.5 Å². The first-order valence-corrected chi connectivity index (χ1v) is 15.9. The highest BCUT2D eigenvalue weighted by Crippen LogP contribution is 2.55. The third-order valence-corrected chi connectivity index (χ3v) is 9.90. The number of likely N-dealkylation sites (tertiary alicyclic amines) is 1. The summed E-state index contributed by atoms with van der Waals surface area (Å²) in [4.78, 5) is 49.0. The molecule has 11 nitrogen and oxygen atoms in total. The second-order valence-electron chi connectivity index (χ2n) is 12.5. The third-order valence-electron chi connectivity index (χ3n) is 9.90. The van der Waals surface area contributed by atoms with Crippen molar-refractivity contribution >= 4 is 28.8 Å². The quantitative estimate of drug-likeness (QED) is 0.312. The number of rotatable bonds is 7. The van der Waals surface area contributed by atoms with Crippen LogP contribution in [-0.2, 0) is 32.3 Å². The Bertz CT molecular complexity index is 1890. The van der Waals surface area contributed by atoms with Crippen molar-refractivity contribution in [3.05, 3.63) is 120 Å². The van der Waals surface area contributed by atoms with Gasteiger partial charge in [-0.3, -0.25) is 14.4 Å². The Balaban J connectivity index is 1.21. The van der Waals surface area contributed by atoms with Crippen LogP contribution in [0.2, 0.25) is 0 Å². The Hall–Kier alpha value is -5.13. The first-order valence-electron chi connectivity index (χ1n) is 15.9. The molecule has 0 saturated carbocycles. The van der Waals surface area contributed by atoms with Crippen LogP contribution in [-0.4, -0.2) is 90.0 Å². The molecule has 5 heterocycles. The largest absolute Gasteiger partial charge is 0.394 e. The summed E-state index contributed by atoms with van der Waals surface area (Å²) in [5.74, 6) is -2.77. The minimum atomic E-state index is -1.43. The van der Waals surface area contributed by atoms with Crippen molar-refractivity contribution in [1.82, 2.24) is 29.7 Å². The summed E-state index contributed by atoms with van der Waals surface area (Å²) < 4.78 is 8.48. The molecule has 4 aliphatic rings. The van der Waals surface area contributed by atoms with Crippen LogP contribution < -0.4 is 0 Å². The van der Waals surface area contributed by atoms with E-state index in [1.807, 2.05) is 109 Å². The standard InChI is InChI=1S/C36H34N6O5/c43-22-28(25-13-5-2-6-14-25)42-32-35(46)40(23-41-27-16-8-7-15-26(27)37-38-41)20-10-18-36(32)31(34(42)45)30-29(47-36)17-9-19-39(33(30)44)21-24-11-3-1-4-12-24/h1-18,28-32,43H,19-23H2/t28-,29+,30-,31+,32?,36+/m1/s1. The number of aromatic nitrogens is 3. The number of amides is 3. The Morgan fingerprint density at radius 3 is 2.36 bits per heavy atom. The zero-order valence-corrected chi connectivity index (χ0v) is 25.6. The molecule has 4 aliphatic heterocycles. The molecule has 2 fully saturated rings. The molecular weight excluding hydrogens is 596 g/mol. The third kappa shape index (κ3) is 4.68. The second-order valence-corrected chi connectivity index (χ2v) is 12.5. The van der Waals surface area contributed by atoms with Crippen molar-refractivity contribution in [3.8, 4) is 0 Å². The number of aliphatic hydroxyl groups is 1. The van der Waals surface area contributed by atoms with E-state index in [2.05, 4.69) is 10.3 Å². The molecule has 238 valence electrons. The highest BCUT2D eigenvalue weighted by Gasteiger charge is 2.72. The number of hydrogen-bond acceptors (Lipinski definition) is 7. The normalized spacial score (nSPS) is 27.5. The highest BCUT2D eigenvalue weighted by molar-refractivity contribution is 6.00. The molecule has 1 aromatic heterocycles. The van der Waals surface area contributed by atoms with Gasteiger partial charge in [0.25, 0.3) is 5.91 Å². The van der Waals surface area contributed by atoms with Crippen molar-refractivity contribution in [2.24, 2.45) is 11.8 Å². The molecule has 0 bridgehead atoms. The topological polar surface area (TPSA) is 121 Å². The highest BCUT2D eigenvalue weighted by atomic mass is 16.5. The number of benzene rings is 3. The summed E-state index contributed by atoms with van der Waals surface area (Å²) in [6, 6.07) is 24.4. The lowest BCUT2D eigenvalue weighted by Gasteiger charge is -2.38. The van der Waals surface area contributed by atoms with Crippen LogP contribution in [0.25, 0.3) is 11.0 Å². The molecule has 11 heteroatoms. The van der Waals surface area contributed by atoms with E-state index in [1.165, 1.54) is 4.90 Å². The van der Waals surface area contributed by atoms with Gasteiger partial charge in [0, 0.05) is 19.6 Å². The van der Waals surface area contributed by atoms with Gasteiger partial charge < -0.3 is 24.5 Å². The molecule has 0 aliphatic carbocycles. The van der Waals surface area contributed by atoms with Crippen molar-refractivity contribution in [3.63, 3.8) is 0 Å². The molecular formula is C36H34N6O5. The van der Waals surface area contributed by atoms with Gasteiger partial charge in [-0.2, -0.15) is 0 Å². The fraction of sp³-hybridized carbons (Fsp3) is 0.306.